The molecule has 0 aliphatic carbocycles. The minimum absolute atomic E-state index is 0.222. The molecule has 2 aromatic carbocycles. The van der Waals surface area contributed by atoms with Crippen LogP contribution >= 0.6 is 0 Å². The molecule has 1 aliphatic rings. The van der Waals surface area contributed by atoms with Gasteiger partial charge in [-0.1, -0.05) is 54.6 Å². The van der Waals surface area contributed by atoms with E-state index >= 15 is 0 Å². The molecule has 2 aromatic rings. The minimum atomic E-state index is 0.222. The van der Waals surface area contributed by atoms with Gasteiger partial charge in [0.2, 0.25) is 5.91 Å². The van der Waals surface area contributed by atoms with Gasteiger partial charge in [0.15, 0.2) is 5.96 Å². The first-order chi connectivity index (χ1) is 13.3. The summed E-state index contributed by atoms with van der Waals surface area (Å²) in [6.07, 6.45) is 2.31. The zero-order valence-electron chi connectivity index (χ0n) is 15.9. The number of benzene rings is 2. The van der Waals surface area contributed by atoms with Gasteiger partial charge in [-0.05, 0) is 29.5 Å². The fourth-order valence-corrected chi connectivity index (χ4v) is 3.30. The van der Waals surface area contributed by atoms with Crippen molar-refractivity contribution in [1.29, 1.82) is 0 Å². The van der Waals surface area contributed by atoms with E-state index in [2.05, 4.69) is 52.0 Å². The largest absolute Gasteiger partial charge is 0.356 e. The molecule has 0 radical (unpaired) electrons. The van der Waals surface area contributed by atoms with Crippen LogP contribution in [0.25, 0.3) is 0 Å². The van der Waals surface area contributed by atoms with Crippen molar-refractivity contribution in [2.75, 3.05) is 20.1 Å². The topological polar surface area (TPSA) is 56.7 Å². The molecule has 5 nitrogen and oxygen atoms in total. The van der Waals surface area contributed by atoms with Gasteiger partial charge in [-0.25, -0.2) is 0 Å². The van der Waals surface area contributed by atoms with Crippen molar-refractivity contribution in [3.05, 3.63) is 71.3 Å². The highest BCUT2D eigenvalue weighted by molar-refractivity contribution is 5.80. The van der Waals surface area contributed by atoms with Gasteiger partial charge >= 0.3 is 0 Å². The molecule has 0 unspecified atom stereocenters. The summed E-state index contributed by atoms with van der Waals surface area (Å²) < 4.78 is 0. The monoisotopic (exact) mass is 364 g/mol. The molecule has 5 heteroatoms. The Morgan fingerprint density at radius 3 is 2.26 bits per heavy atom. The van der Waals surface area contributed by atoms with Crippen LogP contribution in [0.5, 0.6) is 0 Å². The second-order valence-corrected chi connectivity index (χ2v) is 6.78. The Bertz CT molecular complexity index is 748. The minimum Gasteiger partial charge on any atom is -0.356 e. The summed E-state index contributed by atoms with van der Waals surface area (Å²) in [5.74, 6) is 1.01. The van der Waals surface area contributed by atoms with E-state index in [0.717, 1.165) is 45.0 Å². The van der Waals surface area contributed by atoms with E-state index in [4.69, 9.17) is 0 Å². The van der Waals surface area contributed by atoms with Gasteiger partial charge in [-0.3, -0.25) is 9.79 Å². The zero-order chi connectivity index (χ0) is 18.9. The quantitative estimate of drug-likeness (QED) is 0.451. The fraction of sp³-hybridized carbons (Fsp3) is 0.364. The maximum Gasteiger partial charge on any atom is 0.223 e. The number of hydrogen-bond acceptors (Lipinski definition) is 2. The molecule has 0 bridgehead atoms. The Hall–Kier alpha value is -2.82. The first kappa shape index (κ1) is 19.0. The molecule has 0 atom stereocenters. The number of amides is 1. The first-order valence-corrected chi connectivity index (χ1v) is 9.59. The van der Waals surface area contributed by atoms with Crippen LogP contribution in [-0.2, 0) is 24.3 Å². The number of rotatable bonds is 7. The SMILES string of the molecule is CN=C(NCCCC(=O)N1Cc2ccccc2C1)NCCc1ccccc1. The molecule has 2 N–H and O–H groups in total. The standard InChI is InChI=1S/C22H28N4O/c1-23-22(25-15-13-18-8-3-2-4-9-18)24-14-7-12-21(27)26-16-19-10-5-6-11-20(19)17-26/h2-6,8-11H,7,12-17H2,1H3,(H2,23,24,25). The number of nitrogens with one attached hydrogen (secondary N) is 2. The Morgan fingerprint density at radius 2 is 1.59 bits per heavy atom. The lowest BCUT2D eigenvalue weighted by Crippen LogP contribution is -2.39. The van der Waals surface area contributed by atoms with Crippen LogP contribution in [-0.4, -0.2) is 36.9 Å². The van der Waals surface area contributed by atoms with Crippen molar-refractivity contribution in [2.24, 2.45) is 4.99 Å². The number of carbonyl (C=O) groups is 1. The normalized spacial score (nSPS) is 13.4. The predicted molar refractivity (Wildman–Crippen MR) is 109 cm³/mol. The molecule has 0 saturated carbocycles. The van der Waals surface area contributed by atoms with Crippen LogP contribution in [0.15, 0.2) is 59.6 Å². The van der Waals surface area contributed by atoms with Crippen molar-refractivity contribution in [2.45, 2.75) is 32.4 Å². The van der Waals surface area contributed by atoms with Gasteiger partial charge < -0.3 is 15.5 Å². The molecular weight excluding hydrogens is 336 g/mol. The molecule has 0 fully saturated rings. The van der Waals surface area contributed by atoms with Gasteiger partial charge in [0.1, 0.15) is 0 Å². The molecule has 1 aliphatic heterocycles. The maximum absolute atomic E-state index is 12.4. The van der Waals surface area contributed by atoms with Crippen LogP contribution in [0, 0.1) is 0 Å². The Balaban J connectivity index is 1.31. The number of aliphatic imine (C=N–C) groups is 1. The van der Waals surface area contributed by atoms with Gasteiger partial charge in [0, 0.05) is 39.6 Å². The highest BCUT2D eigenvalue weighted by Gasteiger charge is 2.22. The van der Waals surface area contributed by atoms with E-state index in [0.29, 0.717) is 6.42 Å². The average molecular weight is 364 g/mol. The average Bonchev–Trinajstić information content (AvgIpc) is 3.15. The summed E-state index contributed by atoms with van der Waals surface area (Å²) in [6, 6.07) is 18.7. The Kier molecular flexibility index (Phi) is 6.85. The van der Waals surface area contributed by atoms with Crippen molar-refractivity contribution >= 4 is 11.9 Å². The smallest absolute Gasteiger partial charge is 0.223 e. The van der Waals surface area contributed by atoms with Crippen LogP contribution in [0.4, 0.5) is 0 Å². The molecule has 3 rings (SSSR count). The molecule has 142 valence electrons. The van der Waals surface area contributed by atoms with Crippen molar-refractivity contribution in [1.82, 2.24) is 15.5 Å². The summed E-state index contributed by atoms with van der Waals surface area (Å²) in [5, 5.41) is 6.60. The molecular formula is C22H28N4O. The molecule has 0 saturated heterocycles. The van der Waals surface area contributed by atoms with E-state index in [9.17, 15) is 4.79 Å². The first-order valence-electron chi connectivity index (χ1n) is 9.59. The third-order valence-corrected chi connectivity index (χ3v) is 4.83. The lowest BCUT2D eigenvalue weighted by atomic mass is 10.1. The van der Waals surface area contributed by atoms with Crippen molar-refractivity contribution in [3.63, 3.8) is 0 Å². The van der Waals surface area contributed by atoms with Crippen LogP contribution < -0.4 is 10.6 Å². The van der Waals surface area contributed by atoms with E-state index in [-0.39, 0.29) is 5.91 Å². The number of nitrogens with zero attached hydrogens (tertiary/aromatic N) is 2. The summed E-state index contributed by atoms with van der Waals surface area (Å²) in [7, 11) is 1.77. The summed E-state index contributed by atoms with van der Waals surface area (Å²) in [4.78, 5) is 18.6. The molecule has 27 heavy (non-hydrogen) atoms. The predicted octanol–water partition coefficient (Wildman–Crippen LogP) is 2.72. The third kappa shape index (κ3) is 5.58. The summed E-state index contributed by atoms with van der Waals surface area (Å²) in [6.45, 7) is 3.04. The van der Waals surface area contributed by atoms with E-state index in [1.54, 1.807) is 7.05 Å². The zero-order valence-corrected chi connectivity index (χ0v) is 15.9. The molecule has 1 amide bonds. The third-order valence-electron chi connectivity index (χ3n) is 4.83. The molecule has 0 aromatic heterocycles. The highest BCUT2D eigenvalue weighted by Crippen LogP contribution is 2.22. The molecule has 1 heterocycles. The summed E-state index contributed by atoms with van der Waals surface area (Å²) in [5.41, 5.74) is 3.84. The maximum atomic E-state index is 12.4. The van der Waals surface area contributed by atoms with Crippen LogP contribution in [0.1, 0.15) is 29.5 Å². The van der Waals surface area contributed by atoms with Crippen LogP contribution in [0.3, 0.4) is 0 Å². The summed E-state index contributed by atoms with van der Waals surface area (Å²) >= 11 is 0. The van der Waals surface area contributed by atoms with Gasteiger partial charge in [-0.2, -0.15) is 0 Å². The second kappa shape index (κ2) is 9.76. The van der Waals surface area contributed by atoms with Crippen molar-refractivity contribution < 1.29 is 4.79 Å². The lowest BCUT2D eigenvalue weighted by molar-refractivity contribution is -0.131. The van der Waals surface area contributed by atoms with E-state index < -0.39 is 0 Å². The number of hydrogen-bond donors (Lipinski definition) is 2. The second-order valence-electron chi connectivity index (χ2n) is 6.78. The number of guanidine groups is 1. The van der Waals surface area contributed by atoms with Gasteiger partial charge in [0.05, 0.1) is 0 Å². The van der Waals surface area contributed by atoms with Gasteiger partial charge in [-0.15, -0.1) is 0 Å². The van der Waals surface area contributed by atoms with E-state index in [1.165, 1.54) is 16.7 Å². The highest BCUT2D eigenvalue weighted by atomic mass is 16.2. The lowest BCUT2D eigenvalue weighted by Gasteiger charge is -2.16. The number of carbonyl (C=O) groups excluding carboxylic acids is 1. The van der Waals surface area contributed by atoms with Crippen molar-refractivity contribution in [3.8, 4) is 0 Å². The van der Waals surface area contributed by atoms with Gasteiger partial charge in [0.25, 0.3) is 0 Å². The molecule has 0 spiro atoms. The fourth-order valence-electron chi connectivity index (χ4n) is 3.30. The number of fused-ring (bicyclic) bond motifs is 1. The van der Waals surface area contributed by atoms with Crippen LogP contribution in [0.2, 0.25) is 0 Å². The Labute approximate surface area is 161 Å². The van der Waals surface area contributed by atoms with E-state index in [1.807, 2.05) is 23.1 Å². The Morgan fingerprint density at radius 1 is 0.963 bits per heavy atom.